The lowest BCUT2D eigenvalue weighted by Crippen LogP contribution is -1.86. The van der Waals surface area contributed by atoms with Gasteiger partial charge in [-0.25, -0.2) is 0 Å². The number of anilines is 1. The first kappa shape index (κ1) is 9.42. The number of nitrogens with two attached hydrogens (primary N) is 1. The van der Waals surface area contributed by atoms with E-state index in [2.05, 4.69) is 33.8 Å². The highest BCUT2D eigenvalue weighted by atomic mass is 32.1. The first-order valence-corrected chi connectivity index (χ1v) is 5.92. The van der Waals surface area contributed by atoms with E-state index in [1.165, 1.54) is 15.6 Å². The molecule has 3 rings (SSSR count). The van der Waals surface area contributed by atoms with Crippen LogP contribution in [-0.2, 0) is 0 Å². The summed E-state index contributed by atoms with van der Waals surface area (Å²) < 4.78 is 1.28. The van der Waals surface area contributed by atoms with Gasteiger partial charge in [0.25, 0.3) is 0 Å². The van der Waals surface area contributed by atoms with Gasteiger partial charge in [-0.15, -0.1) is 11.3 Å². The standard InChI is InChI=1S/C12H11N3S/c1-7-11(14-15-12(7)13)9-6-16-10-5-3-2-4-8(9)10/h2-6H,1H3,(H3,13,14,15). The molecule has 80 valence electrons. The molecule has 4 heteroatoms. The zero-order chi connectivity index (χ0) is 11.1. The second kappa shape index (κ2) is 3.35. The smallest absolute Gasteiger partial charge is 0.148 e. The zero-order valence-electron chi connectivity index (χ0n) is 8.82. The van der Waals surface area contributed by atoms with Crippen molar-refractivity contribution in [1.29, 1.82) is 0 Å². The molecule has 0 atom stereocenters. The van der Waals surface area contributed by atoms with Gasteiger partial charge in [-0.1, -0.05) is 18.2 Å². The third-order valence-electron chi connectivity index (χ3n) is 2.80. The number of aromatic nitrogens is 2. The van der Waals surface area contributed by atoms with Gasteiger partial charge in [0.2, 0.25) is 0 Å². The maximum absolute atomic E-state index is 5.75. The monoisotopic (exact) mass is 229 g/mol. The Morgan fingerprint density at radius 1 is 1.31 bits per heavy atom. The van der Waals surface area contributed by atoms with Crippen LogP contribution in [0.5, 0.6) is 0 Å². The van der Waals surface area contributed by atoms with Crippen molar-refractivity contribution in [3.8, 4) is 11.3 Å². The minimum atomic E-state index is 0.574. The fourth-order valence-corrected chi connectivity index (χ4v) is 2.80. The molecule has 2 aromatic heterocycles. The van der Waals surface area contributed by atoms with Crippen molar-refractivity contribution in [2.24, 2.45) is 0 Å². The molecular weight excluding hydrogens is 218 g/mol. The fourth-order valence-electron chi connectivity index (χ4n) is 1.85. The fraction of sp³-hybridized carbons (Fsp3) is 0.0833. The summed E-state index contributed by atoms with van der Waals surface area (Å²) in [5.74, 6) is 0.574. The lowest BCUT2D eigenvalue weighted by atomic mass is 10.1. The highest BCUT2D eigenvalue weighted by Gasteiger charge is 2.12. The van der Waals surface area contributed by atoms with Gasteiger partial charge in [-0.3, -0.25) is 5.10 Å². The van der Waals surface area contributed by atoms with Crippen molar-refractivity contribution < 1.29 is 0 Å². The third-order valence-corrected chi connectivity index (χ3v) is 3.76. The lowest BCUT2D eigenvalue weighted by Gasteiger charge is -1.97. The number of benzene rings is 1. The van der Waals surface area contributed by atoms with Gasteiger partial charge in [-0.2, -0.15) is 5.10 Å². The summed E-state index contributed by atoms with van der Waals surface area (Å²) >= 11 is 1.74. The summed E-state index contributed by atoms with van der Waals surface area (Å²) in [6.07, 6.45) is 0. The molecule has 1 aromatic carbocycles. The summed E-state index contributed by atoms with van der Waals surface area (Å²) in [4.78, 5) is 0. The first-order chi connectivity index (χ1) is 7.77. The second-order valence-corrected chi connectivity index (χ2v) is 4.67. The van der Waals surface area contributed by atoms with Crippen LogP contribution in [0.25, 0.3) is 21.3 Å². The summed E-state index contributed by atoms with van der Waals surface area (Å²) in [5, 5.41) is 10.4. The van der Waals surface area contributed by atoms with Gasteiger partial charge in [0.15, 0.2) is 0 Å². The van der Waals surface area contributed by atoms with E-state index in [4.69, 9.17) is 5.73 Å². The maximum Gasteiger partial charge on any atom is 0.148 e. The highest BCUT2D eigenvalue weighted by Crippen LogP contribution is 2.35. The number of hydrogen-bond donors (Lipinski definition) is 2. The first-order valence-electron chi connectivity index (χ1n) is 5.04. The van der Waals surface area contributed by atoms with Crippen LogP contribution in [0.3, 0.4) is 0 Å². The van der Waals surface area contributed by atoms with Crippen molar-refractivity contribution in [3.05, 3.63) is 35.2 Å². The van der Waals surface area contributed by atoms with E-state index < -0.39 is 0 Å². The molecule has 16 heavy (non-hydrogen) atoms. The summed E-state index contributed by atoms with van der Waals surface area (Å²) in [5.41, 5.74) is 8.97. The van der Waals surface area contributed by atoms with Crippen molar-refractivity contribution in [2.75, 3.05) is 5.73 Å². The molecule has 0 saturated carbocycles. The van der Waals surface area contributed by atoms with Crippen LogP contribution in [-0.4, -0.2) is 10.2 Å². The lowest BCUT2D eigenvalue weighted by molar-refractivity contribution is 1.10. The van der Waals surface area contributed by atoms with Gasteiger partial charge in [0.1, 0.15) is 5.82 Å². The number of aromatic amines is 1. The van der Waals surface area contributed by atoms with Gasteiger partial charge < -0.3 is 5.73 Å². The van der Waals surface area contributed by atoms with Gasteiger partial charge >= 0.3 is 0 Å². The van der Waals surface area contributed by atoms with E-state index in [0.717, 1.165) is 11.3 Å². The van der Waals surface area contributed by atoms with Crippen molar-refractivity contribution in [1.82, 2.24) is 10.2 Å². The Bertz CT molecular complexity index is 651. The predicted molar refractivity (Wildman–Crippen MR) is 68.6 cm³/mol. The van der Waals surface area contributed by atoms with Crippen LogP contribution in [0.1, 0.15) is 5.56 Å². The average molecular weight is 229 g/mol. The molecule has 3 N–H and O–H groups in total. The summed E-state index contributed by atoms with van der Waals surface area (Å²) in [6.45, 7) is 1.99. The van der Waals surface area contributed by atoms with Crippen LogP contribution in [0.2, 0.25) is 0 Å². The number of thiophene rings is 1. The molecule has 0 aliphatic heterocycles. The topological polar surface area (TPSA) is 54.7 Å². The van der Waals surface area contributed by atoms with E-state index in [1.54, 1.807) is 11.3 Å². The Balaban J connectivity index is 2.30. The highest BCUT2D eigenvalue weighted by molar-refractivity contribution is 7.17. The SMILES string of the molecule is Cc1c(N)n[nH]c1-c1csc2ccccc12. The molecule has 2 heterocycles. The van der Waals surface area contributed by atoms with E-state index in [0.29, 0.717) is 5.82 Å². The normalized spacial score (nSPS) is 11.1. The van der Waals surface area contributed by atoms with E-state index in [9.17, 15) is 0 Å². The van der Waals surface area contributed by atoms with Crippen molar-refractivity contribution in [2.45, 2.75) is 6.92 Å². The molecule has 0 saturated heterocycles. The van der Waals surface area contributed by atoms with Crippen LogP contribution < -0.4 is 5.73 Å². The molecule has 0 amide bonds. The molecule has 3 nitrogen and oxygen atoms in total. The van der Waals surface area contributed by atoms with E-state index in [1.807, 2.05) is 13.0 Å². The second-order valence-electron chi connectivity index (χ2n) is 3.75. The Hall–Kier alpha value is -1.81. The molecule has 3 aromatic rings. The van der Waals surface area contributed by atoms with Crippen LogP contribution >= 0.6 is 11.3 Å². The largest absolute Gasteiger partial charge is 0.382 e. The molecule has 0 spiro atoms. The Morgan fingerprint density at radius 3 is 2.88 bits per heavy atom. The number of hydrogen-bond acceptors (Lipinski definition) is 3. The Morgan fingerprint density at radius 2 is 2.12 bits per heavy atom. The Labute approximate surface area is 96.9 Å². The minimum absolute atomic E-state index is 0.574. The average Bonchev–Trinajstić information content (AvgIpc) is 2.85. The van der Waals surface area contributed by atoms with Crippen molar-refractivity contribution >= 4 is 27.2 Å². The molecule has 0 radical (unpaired) electrons. The van der Waals surface area contributed by atoms with E-state index >= 15 is 0 Å². The van der Waals surface area contributed by atoms with Gasteiger partial charge in [0.05, 0.1) is 5.69 Å². The number of nitrogens with zero attached hydrogens (tertiary/aromatic N) is 1. The van der Waals surface area contributed by atoms with Crippen LogP contribution in [0.4, 0.5) is 5.82 Å². The molecule has 0 bridgehead atoms. The summed E-state index contributed by atoms with van der Waals surface area (Å²) in [7, 11) is 0. The molecular formula is C12H11N3S. The summed E-state index contributed by atoms with van der Waals surface area (Å²) in [6, 6.07) is 8.35. The molecule has 0 unspecified atom stereocenters. The number of nitrogens with one attached hydrogen (secondary N) is 1. The van der Waals surface area contributed by atoms with Crippen LogP contribution in [0, 0.1) is 6.92 Å². The third kappa shape index (κ3) is 1.23. The van der Waals surface area contributed by atoms with Gasteiger partial charge in [0, 0.05) is 26.6 Å². The Kier molecular flexibility index (Phi) is 1.97. The molecule has 0 fully saturated rings. The van der Waals surface area contributed by atoms with Gasteiger partial charge in [-0.05, 0) is 13.0 Å². The predicted octanol–water partition coefficient (Wildman–Crippen LogP) is 3.18. The van der Waals surface area contributed by atoms with E-state index in [-0.39, 0.29) is 0 Å². The maximum atomic E-state index is 5.75. The van der Waals surface area contributed by atoms with Crippen LogP contribution in [0.15, 0.2) is 29.6 Å². The molecule has 0 aliphatic carbocycles. The van der Waals surface area contributed by atoms with Crippen molar-refractivity contribution in [3.63, 3.8) is 0 Å². The number of H-pyrrole nitrogens is 1. The molecule has 0 aliphatic rings. The minimum Gasteiger partial charge on any atom is -0.382 e. The quantitative estimate of drug-likeness (QED) is 0.673. The number of fused-ring (bicyclic) bond motifs is 1. The number of rotatable bonds is 1. The zero-order valence-corrected chi connectivity index (χ0v) is 9.64. The number of nitrogen functional groups attached to an aromatic ring is 1.